The highest BCUT2D eigenvalue weighted by molar-refractivity contribution is 5.97. The number of amides is 2. The Kier molecular flexibility index (Phi) is 8.48. The molecule has 0 atom stereocenters. The van der Waals surface area contributed by atoms with E-state index in [1.807, 2.05) is 40.7 Å². The molecular weight excluding hydrogens is 432 g/mol. The second-order valence-corrected chi connectivity index (χ2v) is 8.12. The van der Waals surface area contributed by atoms with E-state index in [2.05, 4.69) is 25.7 Å². The predicted octanol–water partition coefficient (Wildman–Crippen LogP) is 3.23. The lowest BCUT2D eigenvalue weighted by Gasteiger charge is -2.09. The first-order chi connectivity index (χ1) is 16.3. The van der Waals surface area contributed by atoms with Crippen LogP contribution in [0.5, 0.6) is 0 Å². The van der Waals surface area contributed by atoms with Gasteiger partial charge in [-0.05, 0) is 65.3 Å². The summed E-state index contributed by atoms with van der Waals surface area (Å²) in [5.41, 5.74) is 5.14. The Morgan fingerprint density at radius 1 is 1.06 bits per heavy atom. The highest BCUT2D eigenvalue weighted by Crippen LogP contribution is 2.18. The van der Waals surface area contributed by atoms with Crippen LogP contribution in [-0.4, -0.2) is 51.3 Å². The zero-order chi connectivity index (χ0) is 24.7. The lowest BCUT2D eigenvalue weighted by molar-refractivity contribution is -0.115. The maximum atomic E-state index is 12.8. The molecule has 3 rings (SSSR count). The second kappa shape index (κ2) is 11.5. The number of carbonyl (C=O) groups excluding carboxylic acids is 2. The van der Waals surface area contributed by atoms with E-state index in [1.165, 1.54) is 0 Å². The van der Waals surface area contributed by atoms with Crippen LogP contribution in [0.2, 0.25) is 0 Å². The molecule has 9 nitrogen and oxygen atoms in total. The van der Waals surface area contributed by atoms with Crippen molar-refractivity contribution in [3.8, 4) is 5.95 Å². The van der Waals surface area contributed by atoms with Gasteiger partial charge in [0.15, 0.2) is 0 Å². The summed E-state index contributed by atoms with van der Waals surface area (Å²) < 4.78 is 6.95. The molecule has 3 aromatic rings. The summed E-state index contributed by atoms with van der Waals surface area (Å²) in [5, 5.41) is 10.3. The average Bonchev–Trinajstić information content (AvgIpc) is 3.06. The molecule has 0 fully saturated rings. The monoisotopic (exact) mass is 464 g/mol. The Bertz CT molecular complexity index is 1150. The third-order valence-corrected chi connectivity index (χ3v) is 5.30. The van der Waals surface area contributed by atoms with Gasteiger partial charge in [-0.3, -0.25) is 9.59 Å². The number of anilines is 1. The molecule has 180 valence electrons. The van der Waals surface area contributed by atoms with Crippen molar-refractivity contribution in [2.45, 2.75) is 47.5 Å². The zero-order valence-corrected chi connectivity index (χ0v) is 20.4. The molecule has 9 heteroatoms. The molecule has 1 aromatic carbocycles. The van der Waals surface area contributed by atoms with Gasteiger partial charge in [-0.25, -0.2) is 14.6 Å². The smallest absolute Gasteiger partial charge is 0.251 e. The van der Waals surface area contributed by atoms with Gasteiger partial charge in [0.25, 0.3) is 11.9 Å². The van der Waals surface area contributed by atoms with Crippen LogP contribution in [0.1, 0.15) is 52.0 Å². The SMILES string of the molecule is CCOCCCNC(=O)c1cccc(NC(=O)Cc2c(C)nn(-c3nc(C)cc(C)n3)c2C)c1. The normalized spacial score (nSPS) is 10.9. The minimum absolute atomic E-state index is 0.149. The van der Waals surface area contributed by atoms with E-state index in [1.54, 1.807) is 28.9 Å². The topological polar surface area (TPSA) is 111 Å². The third-order valence-electron chi connectivity index (χ3n) is 5.30. The van der Waals surface area contributed by atoms with Crippen LogP contribution in [0.25, 0.3) is 5.95 Å². The number of nitrogens with one attached hydrogen (secondary N) is 2. The molecule has 2 N–H and O–H groups in total. The lowest BCUT2D eigenvalue weighted by atomic mass is 10.1. The number of nitrogens with zero attached hydrogens (tertiary/aromatic N) is 4. The van der Waals surface area contributed by atoms with Gasteiger partial charge in [0.05, 0.1) is 12.1 Å². The van der Waals surface area contributed by atoms with Crippen LogP contribution in [0, 0.1) is 27.7 Å². The molecule has 0 unspecified atom stereocenters. The van der Waals surface area contributed by atoms with Gasteiger partial charge >= 0.3 is 0 Å². The molecule has 0 aliphatic rings. The highest BCUT2D eigenvalue weighted by Gasteiger charge is 2.18. The molecule has 0 saturated heterocycles. The average molecular weight is 465 g/mol. The fraction of sp³-hybridized carbons (Fsp3) is 0.400. The number of benzene rings is 1. The summed E-state index contributed by atoms with van der Waals surface area (Å²) in [7, 11) is 0. The Balaban J connectivity index is 1.66. The molecule has 2 aromatic heterocycles. The van der Waals surface area contributed by atoms with Gasteiger partial charge in [0.2, 0.25) is 5.91 Å². The fourth-order valence-corrected chi connectivity index (χ4v) is 3.65. The Morgan fingerprint density at radius 3 is 2.50 bits per heavy atom. The zero-order valence-electron chi connectivity index (χ0n) is 20.4. The molecule has 0 saturated carbocycles. The van der Waals surface area contributed by atoms with Gasteiger partial charge in [0.1, 0.15) is 0 Å². The van der Waals surface area contributed by atoms with Crippen LogP contribution in [0.15, 0.2) is 30.3 Å². The Labute approximate surface area is 200 Å². The van der Waals surface area contributed by atoms with Crippen molar-refractivity contribution in [1.82, 2.24) is 25.1 Å². The number of hydrogen-bond acceptors (Lipinski definition) is 6. The van der Waals surface area contributed by atoms with E-state index in [0.29, 0.717) is 37.0 Å². The van der Waals surface area contributed by atoms with E-state index in [4.69, 9.17) is 4.74 Å². The van der Waals surface area contributed by atoms with Crippen LogP contribution < -0.4 is 10.6 Å². The molecule has 0 aliphatic heterocycles. The number of aromatic nitrogens is 4. The molecule has 2 heterocycles. The van der Waals surface area contributed by atoms with E-state index >= 15 is 0 Å². The number of ether oxygens (including phenoxy) is 1. The molecule has 0 aliphatic carbocycles. The first kappa shape index (κ1) is 25.0. The fourth-order valence-electron chi connectivity index (χ4n) is 3.65. The minimum Gasteiger partial charge on any atom is -0.382 e. The maximum absolute atomic E-state index is 12.8. The minimum atomic E-state index is -0.193. The molecular formula is C25H32N6O3. The van der Waals surface area contributed by atoms with E-state index < -0.39 is 0 Å². The molecule has 0 radical (unpaired) electrons. The van der Waals surface area contributed by atoms with E-state index in [-0.39, 0.29) is 18.2 Å². The number of carbonyl (C=O) groups is 2. The maximum Gasteiger partial charge on any atom is 0.251 e. The largest absolute Gasteiger partial charge is 0.382 e. The summed E-state index contributed by atoms with van der Waals surface area (Å²) >= 11 is 0. The number of hydrogen-bond donors (Lipinski definition) is 2. The van der Waals surface area contributed by atoms with E-state index in [0.717, 1.165) is 34.8 Å². The van der Waals surface area contributed by atoms with Gasteiger partial charge in [-0.15, -0.1) is 0 Å². The Hall–Kier alpha value is -3.59. The van der Waals surface area contributed by atoms with Crippen molar-refractivity contribution in [3.63, 3.8) is 0 Å². The van der Waals surface area contributed by atoms with Gasteiger partial charge in [-0.1, -0.05) is 6.07 Å². The van der Waals surface area contributed by atoms with Crippen LogP contribution in [0.4, 0.5) is 5.69 Å². The van der Waals surface area contributed by atoms with Crippen molar-refractivity contribution in [2.24, 2.45) is 0 Å². The van der Waals surface area contributed by atoms with Crippen molar-refractivity contribution in [1.29, 1.82) is 0 Å². The van der Waals surface area contributed by atoms with Crippen LogP contribution in [0.3, 0.4) is 0 Å². The van der Waals surface area contributed by atoms with Gasteiger partial charge in [-0.2, -0.15) is 5.10 Å². The van der Waals surface area contributed by atoms with Crippen molar-refractivity contribution < 1.29 is 14.3 Å². The summed E-state index contributed by atoms with van der Waals surface area (Å²) in [6.07, 6.45) is 0.895. The summed E-state index contributed by atoms with van der Waals surface area (Å²) in [4.78, 5) is 34.1. The quantitative estimate of drug-likeness (QED) is 0.446. The van der Waals surface area contributed by atoms with Gasteiger partial charge < -0.3 is 15.4 Å². The van der Waals surface area contributed by atoms with E-state index in [9.17, 15) is 9.59 Å². The first-order valence-corrected chi connectivity index (χ1v) is 11.4. The Morgan fingerprint density at radius 2 is 1.79 bits per heavy atom. The molecule has 34 heavy (non-hydrogen) atoms. The summed E-state index contributed by atoms with van der Waals surface area (Å²) in [5.74, 6) is 0.111. The van der Waals surface area contributed by atoms with Crippen molar-refractivity contribution in [2.75, 3.05) is 25.1 Å². The summed E-state index contributed by atoms with van der Waals surface area (Å²) in [6.45, 7) is 11.3. The third kappa shape index (κ3) is 6.48. The van der Waals surface area contributed by atoms with Crippen LogP contribution in [-0.2, 0) is 16.0 Å². The highest BCUT2D eigenvalue weighted by atomic mass is 16.5. The van der Waals surface area contributed by atoms with Crippen molar-refractivity contribution >= 4 is 17.5 Å². The first-order valence-electron chi connectivity index (χ1n) is 11.4. The molecule has 2 amide bonds. The standard InChI is InChI=1S/C25H32N6O3/c1-6-34-12-8-11-26-24(33)20-9-7-10-21(14-20)29-23(32)15-22-18(4)30-31(19(22)5)25-27-16(2)13-17(3)28-25/h7,9-10,13-14H,6,8,11-12,15H2,1-5H3,(H,26,33)(H,29,32). The number of rotatable bonds is 10. The number of aryl methyl sites for hydroxylation is 3. The van der Waals surface area contributed by atoms with Crippen LogP contribution >= 0.6 is 0 Å². The lowest BCUT2D eigenvalue weighted by Crippen LogP contribution is -2.25. The van der Waals surface area contributed by atoms with Gasteiger partial charge in [0, 0.05) is 53.7 Å². The molecule has 0 bridgehead atoms. The second-order valence-electron chi connectivity index (χ2n) is 8.12. The molecule has 0 spiro atoms. The predicted molar refractivity (Wildman–Crippen MR) is 130 cm³/mol. The van der Waals surface area contributed by atoms with Crippen molar-refractivity contribution in [3.05, 3.63) is 64.2 Å². The summed E-state index contributed by atoms with van der Waals surface area (Å²) in [6, 6.07) is 8.80.